The lowest BCUT2D eigenvalue weighted by Gasteiger charge is -2.35. The third-order valence-corrected chi connectivity index (χ3v) is 5.88. The second kappa shape index (κ2) is 8.52. The van der Waals surface area contributed by atoms with E-state index in [0.717, 1.165) is 55.1 Å². The maximum absolute atomic E-state index is 14.2. The normalized spacial score (nSPS) is 20.5. The van der Waals surface area contributed by atoms with Crippen molar-refractivity contribution in [1.82, 2.24) is 10.3 Å². The minimum Gasteiger partial charge on any atom is -0.356 e. The van der Waals surface area contributed by atoms with Crippen molar-refractivity contribution in [3.63, 3.8) is 0 Å². The Bertz CT molecular complexity index is 1050. The largest absolute Gasteiger partial charge is 0.356 e. The highest BCUT2D eigenvalue weighted by Crippen LogP contribution is 2.47. The predicted molar refractivity (Wildman–Crippen MR) is 110 cm³/mol. The average Bonchev–Trinajstić information content (AvgIpc) is 3.30. The number of aromatic nitrogens is 1. The fourth-order valence-corrected chi connectivity index (χ4v) is 4.24. The molecule has 1 amide bonds. The SMILES string of the molecule is NCC1CC(c2c(-c3ccc(F)cc3)[nH]c3c(F)cc(F)cc23)C1.O=C1CCCN1. The van der Waals surface area contributed by atoms with Crippen molar-refractivity contribution in [3.8, 4) is 11.3 Å². The molecule has 2 heterocycles. The van der Waals surface area contributed by atoms with Crippen molar-refractivity contribution in [1.29, 1.82) is 0 Å². The molecular weight excluding hydrogens is 391 g/mol. The van der Waals surface area contributed by atoms with Crippen molar-refractivity contribution in [2.24, 2.45) is 11.7 Å². The van der Waals surface area contributed by atoms with Gasteiger partial charge in [0.15, 0.2) is 0 Å². The van der Waals surface area contributed by atoms with E-state index in [0.29, 0.717) is 23.4 Å². The molecule has 2 fully saturated rings. The van der Waals surface area contributed by atoms with Gasteiger partial charge in [-0.25, -0.2) is 13.2 Å². The monoisotopic (exact) mass is 415 g/mol. The van der Waals surface area contributed by atoms with E-state index in [-0.39, 0.29) is 17.6 Å². The molecular formula is C23H24F3N3O. The van der Waals surface area contributed by atoms with Crippen molar-refractivity contribution >= 4 is 16.8 Å². The summed E-state index contributed by atoms with van der Waals surface area (Å²) in [5.41, 5.74) is 8.40. The molecule has 3 aromatic rings. The van der Waals surface area contributed by atoms with Crippen molar-refractivity contribution < 1.29 is 18.0 Å². The molecule has 1 aliphatic heterocycles. The predicted octanol–water partition coefficient (Wildman–Crippen LogP) is 4.60. The number of halogens is 3. The summed E-state index contributed by atoms with van der Waals surface area (Å²) in [5.74, 6) is -0.696. The van der Waals surface area contributed by atoms with Gasteiger partial charge in [-0.1, -0.05) is 0 Å². The first-order valence-electron chi connectivity index (χ1n) is 10.2. The topological polar surface area (TPSA) is 70.9 Å². The first-order chi connectivity index (χ1) is 14.5. The minimum atomic E-state index is -0.616. The van der Waals surface area contributed by atoms with Crippen LogP contribution in [0.4, 0.5) is 13.2 Å². The van der Waals surface area contributed by atoms with Crippen LogP contribution in [0.5, 0.6) is 0 Å². The summed E-state index contributed by atoms with van der Waals surface area (Å²) >= 11 is 0. The Labute approximate surface area is 172 Å². The van der Waals surface area contributed by atoms with Gasteiger partial charge in [0.25, 0.3) is 0 Å². The van der Waals surface area contributed by atoms with Crippen molar-refractivity contribution in [3.05, 3.63) is 59.4 Å². The Morgan fingerprint density at radius 1 is 1.03 bits per heavy atom. The Morgan fingerprint density at radius 3 is 2.33 bits per heavy atom. The van der Waals surface area contributed by atoms with E-state index in [1.807, 2.05) is 0 Å². The van der Waals surface area contributed by atoms with Gasteiger partial charge in [-0.3, -0.25) is 4.79 Å². The maximum atomic E-state index is 14.2. The van der Waals surface area contributed by atoms with Gasteiger partial charge in [-0.2, -0.15) is 0 Å². The number of carbonyl (C=O) groups is 1. The minimum absolute atomic E-state index is 0.202. The molecule has 0 spiro atoms. The van der Waals surface area contributed by atoms with Gasteiger partial charge < -0.3 is 16.0 Å². The number of carbonyl (C=O) groups excluding carboxylic acids is 1. The number of amides is 1. The zero-order valence-corrected chi connectivity index (χ0v) is 16.5. The molecule has 1 aromatic heterocycles. The van der Waals surface area contributed by atoms with Crippen LogP contribution in [-0.2, 0) is 4.79 Å². The van der Waals surface area contributed by atoms with E-state index in [1.54, 1.807) is 12.1 Å². The maximum Gasteiger partial charge on any atom is 0.220 e. The summed E-state index contributed by atoms with van der Waals surface area (Å²) in [6, 6.07) is 8.28. The van der Waals surface area contributed by atoms with Crippen LogP contribution >= 0.6 is 0 Å². The van der Waals surface area contributed by atoms with Crippen molar-refractivity contribution in [2.75, 3.05) is 13.1 Å². The number of nitrogens with two attached hydrogens (primary N) is 1. The second-order valence-corrected chi connectivity index (χ2v) is 7.95. The number of rotatable bonds is 3. The lowest BCUT2D eigenvalue weighted by molar-refractivity contribution is -0.119. The van der Waals surface area contributed by atoms with E-state index in [2.05, 4.69) is 10.3 Å². The Hall–Kier alpha value is -2.80. The molecule has 0 unspecified atom stereocenters. The lowest BCUT2D eigenvalue weighted by Crippen LogP contribution is -2.28. The standard InChI is InChI=1S/C19H17F3N2.C4H7NO/c20-13-3-1-11(2-4-13)18-17(12-5-10(6-12)9-23)15-7-14(21)8-16(22)19(15)24-18;6-4-2-1-3-5-4/h1-4,7-8,10,12,24H,5-6,9,23H2;1-3H2,(H,5,6). The third kappa shape index (κ3) is 4.07. The van der Waals surface area contributed by atoms with Crippen LogP contribution in [0.3, 0.4) is 0 Å². The summed E-state index contributed by atoms with van der Waals surface area (Å²) in [6.45, 7) is 1.51. The van der Waals surface area contributed by atoms with Gasteiger partial charge in [-0.15, -0.1) is 0 Å². The molecule has 4 nitrogen and oxygen atoms in total. The molecule has 5 rings (SSSR count). The number of hydrogen-bond acceptors (Lipinski definition) is 2. The van der Waals surface area contributed by atoms with Crippen LogP contribution in [0.25, 0.3) is 22.2 Å². The van der Waals surface area contributed by atoms with Gasteiger partial charge in [0.2, 0.25) is 5.91 Å². The molecule has 0 atom stereocenters. The highest BCUT2D eigenvalue weighted by Gasteiger charge is 2.33. The number of hydrogen-bond donors (Lipinski definition) is 3. The lowest BCUT2D eigenvalue weighted by atomic mass is 9.70. The summed E-state index contributed by atoms with van der Waals surface area (Å²) in [6.07, 6.45) is 3.56. The Kier molecular flexibility index (Phi) is 5.81. The summed E-state index contributed by atoms with van der Waals surface area (Å²) in [4.78, 5) is 13.2. The van der Waals surface area contributed by atoms with Crippen LogP contribution < -0.4 is 11.1 Å². The van der Waals surface area contributed by atoms with Crippen LogP contribution in [0.15, 0.2) is 36.4 Å². The quantitative estimate of drug-likeness (QED) is 0.585. The number of H-pyrrole nitrogens is 1. The molecule has 30 heavy (non-hydrogen) atoms. The molecule has 2 aliphatic rings. The van der Waals surface area contributed by atoms with Crippen LogP contribution in [-0.4, -0.2) is 24.0 Å². The highest BCUT2D eigenvalue weighted by atomic mass is 19.1. The fraction of sp³-hybridized carbons (Fsp3) is 0.348. The highest BCUT2D eigenvalue weighted by molar-refractivity contribution is 5.92. The first-order valence-corrected chi connectivity index (χ1v) is 10.2. The van der Waals surface area contributed by atoms with E-state index >= 15 is 0 Å². The van der Waals surface area contributed by atoms with Gasteiger partial charge >= 0.3 is 0 Å². The molecule has 158 valence electrons. The molecule has 1 aliphatic carbocycles. The molecule has 4 N–H and O–H groups in total. The van der Waals surface area contributed by atoms with Crippen LogP contribution in [0.1, 0.15) is 37.2 Å². The fourth-order valence-electron chi connectivity index (χ4n) is 4.24. The smallest absolute Gasteiger partial charge is 0.220 e. The van der Waals surface area contributed by atoms with Gasteiger partial charge in [0.1, 0.15) is 17.5 Å². The Morgan fingerprint density at radius 2 is 1.77 bits per heavy atom. The third-order valence-electron chi connectivity index (χ3n) is 5.88. The zero-order chi connectivity index (χ0) is 21.3. The summed E-state index contributed by atoms with van der Waals surface area (Å²) in [7, 11) is 0. The van der Waals surface area contributed by atoms with Crippen LogP contribution in [0, 0.1) is 23.4 Å². The van der Waals surface area contributed by atoms with E-state index in [1.165, 1.54) is 18.2 Å². The van der Waals surface area contributed by atoms with Gasteiger partial charge in [0.05, 0.1) is 11.2 Å². The second-order valence-electron chi connectivity index (χ2n) is 7.95. The average molecular weight is 415 g/mol. The molecule has 0 bridgehead atoms. The molecule has 7 heteroatoms. The molecule has 1 saturated carbocycles. The number of benzene rings is 2. The van der Waals surface area contributed by atoms with Gasteiger partial charge in [-0.05, 0) is 79.1 Å². The van der Waals surface area contributed by atoms with E-state index < -0.39 is 11.6 Å². The first kappa shape index (κ1) is 20.5. The molecule has 1 saturated heterocycles. The van der Waals surface area contributed by atoms with Crippen LogP contribution in [0.2, 0.25) is 0 Å². The number of aromatic amines is 1. The summed E-state index contributed by atoms with van der Waals surface area (Å²) in [5, 5.41) is 3.24. The Balaban J connectivity index is 0.000000313. The summed E-state index contributed by atoms with van der Waals surface area (Å²) < 4.78 is 41.2. The van der Waals surface area contributed by atoms with E-state index in [9.17, 15) is 18.0 Å². The molecule has 2 aromatic carbocycles. The zero-order valence-electron chi connectivity index (χ0n) is 16.5. The van der Waals surface area contributed by atoms with Crippen molar-refractivity contribution in [2.45, 2.75) is 31.6 Å². The van der Waals surface area contributed by atoms with Gasteiger partial charge in [0, 0.05) is 24.4 Å². The number of fused-ring (bicyclic) bond motifs is 1. The molecule has 0 radical (unpaired) electrons. The van der Waals surface area contributed by atoms with E-state index in [4.69, 9.17) is 5.73 Å². The number of nitrogens with one attached hydrogen (secondary N) is 2.